The van der Waals surface area contributed by atoms with E-state index in [0.29, 0.717) is 24.7 Å². The molecule has 0 spiro atoms. The Balaban J connectivity index is 1.42. The van der Waals surface area contributed by atoms with Gasteiger partial charge in [-0.05, 0) is 72.7 Å². The Morgan fingerprint density at radius 2 is 1.90 bits per heavy atom. The third-order valence-corrected chi connectivity index (χ3v) is 6.96. The molecule has 7 heteroatoms. The van der Waals surface area contributed by atoms with E-state index < -0.39 is 6.10 Å². The highest BCUT2D eigenvalue weighted by atomic mass is 16.6. The maximum atomic E-state index is 12.5. The fourth-order valence-electron chi connectivity index (χ4n) is 4.83. The molecular weight excluding hydrogens is 494 g/mol. The number of methoxy groups -OCH3 is 1. The van der Waals surface area contributed by atoms with E-state index >= 15 is 0 Å². The molecule has 0 bridgehead atoms. The number of nitrogens with two attached hydrogens (primary N) is 1. The van der Waals surface area contributed by atoms with Crippen LogP contribution in [0.25, 0.3) is 22.1 Å². The molecule has 1 aliphatic carbocycles. The minimum absolute atomic E-state index is 0.102. The van der Waals surface area contributed by atoms with Crippen molar-refractivity contribution in [3.63, 3.8) is 0 Å². The van der Waals surface area contributed by atoms with Crippen molar-refractivity contribution in [3.05, 3.63) is 89.2 Å². The lowest BCUT2D eigenvalue weighted by Crippen LogP contribution is -2.21. The summed E-state index contributed by atoms with van der Waals surface area (Å²) in [7, 11) is 1.57. The zero-order valence-corrected chi connectivity index (χ0v) is 22.4. The summed E-state index contributed by atoms with van der Waals surface area (Å²) in [5, 5.41) is 11.6. The van der Waals surface area contributed by atoms with Crippen LogP contribution in [-0.2, 0) is 33.8 Å². The van der Waals surface area contributed by atoms with Gasteiger partial charge in [0.15, 0.2) is 0 Å². The number of aliphatic hydroxyl groups excluding tert-OH is 1. The van der Waals surface area contributed by atoms with Gasteiger partial charge in [-0.15, -0.1) is 0 Å². The number of hydrogen-bond acceptors (Lipinski definition) is 7. The molecule has 1 aromatic heterocycles. The van der Waals surface area contributed by atoms with Gasteiger partial charge in [0.25, 0.3) is 0 Å². The first-order valence-electron chi connectivity index (χ1n) is 13.4. The highest BCUT2D eigenvalue weighted by Gasteiger charge is 2.33. The van der Waals surface area contributed by atoms with E-state index in [4.69, 9.17) is 24.4 Å². The first-order chi connectivity index (χ1) is 18.9. The lowest BCUT2D eigenvalue weighted by Gasteiger charge is -2.15. The Hall–Kier alpha value is -3.65. The van der Waals surface area contributed by atoms with Gasteiger partial charge in [-0.1, -0.05) is 36.4 Å². The Labute approximate surface area is 228 Å². The quantitative estimate of drug-likeness (QED) is 0.227. The molecule has 0 amide bonds. The van der Waals surface area contributed by atoms with Gasteiger partial charge in [-0.3, -0.25) is 4.79 Å². The van der Waals surface area contributed by atoms with Gasteiger partial charge in [0.2, 0.25) is 0 Å². The molecule has 5 rings (SSSR count). The van der Waals surface area contributed by atoms with Crippen molar-refractivity contribution < 1.29 is 28.5 Å². The summed E-state index contributed by atoms with van der Waals surface area (Å²) >= 11 is 0. The largest absolute Gasteiger partial charge is 0.489 e. The minimum atomic E-state index is -0.599. The molecule has 7 nitrogen and oxygen atoms in total. The molecule has 1 aliphatic rings. The monoisotopic (exact) mass is 529 g/mol. The Bertz CT molecular complexity index is 1440. The summed E-state index contributed by atoms with van der Waals surface area (Å²) in [5.41, 5.74) is 11.3. The second kappa shape index (κ2) is 12.0. The van der Waals surface area contributed by atoms with Gasteiger partial charge >= 0.3 is 5.97 Å². The third-order valence-electron chi connectivity index (χ3n) is 6.96. The van der Waals surface area contributed by atoms with E-state index in [0.717, 1.165) is 51.6 Å². The van der Waals surface area contributed by atoms with Crippen LogP contribution in [0.3, 0.4) is 0 Å². The summed E-state index contributed by atoms with van der Waals surface area (Å²) in [6, 6.07) is 21.6. The van der Waals surface area contributed by atoms with Crippen molar-refractivity contribution in [1.29, 1.82) is 0 Å². The van der Waals surface area contributed by atoms with Crippen molar-refractivity contribution >= 4 is 16.9 Å². The molecule has 3 N–H and O–H groups in total. The molecule has 1 heterocycles. The lowest BCUT2D eigenvalue weighted by molar-refractivity contribution is -0.149. The molecular formula is C32H35NO6. The van der Waals surface area contributed by atoms with Crippen LogP contribution in [0.1, 0.15) is 48.3 Å². The number of ether oxygens (including phenoxy) is 3. The fraction of sp³-hybridized carbons (Fsp3) is 0.344. The third kappa shape index (κ3) is 6.50. The minimum Gasteiger partial charge on any atom is -0.489 e. The second-order valence-corrected chi connectivity index (χ2v) is 10.2. The number of esters is 1. The lowest BCUT2D eigenvalue weighted by atomic mass is 9.99. The van der Waals surface area contributed by atoms with Crippen LogP contribution in [0.15, 0.2) is 71.1 Å². The van der Waals surface area contributed by atoms with E-state index in [1.165, 1.54) is 0 Å². The standard InChI is InChI=1S/C32H35NO6/c1-20(18-36-2)38-30(34)16-25-7-3-4-9-28(25)37-19-22-13-26-15-29(31(35)23-10-11-23)39-32(26)27(14-22)24-8-5-6-21(12-24)17-33/h3-9,12-15,20,23,31,35H,10-11,16-19,33H2,1-2H3. The van der Waals surface area contributed by atoms with Crippen LogP contribution in [0.5, 0.6) is 5.75 Å². The summed E-state index contributed by atoms with van der Waals surface area (Å²) < 4.78 is 22.9. The van der Waals surface area contributed by atoms with Crippen molar-refractivity contribution in [2.45, 2.75) is 51.5 Å². The SMILES string of the molecule is COCC(C)OC(=O)Cc1ccccc1OCc1cc(-c2cccc(CN)c2)c2oc(C(O)C3CC3)cc2c1. The van der Waals surface area contributed by atoms with Crippen LogP contribution < -0.4 is 10.5 Å². The average molecular weight is 530 g/mol. The van der Waals surface area contributed by atoms with E-state index in [-0.39, 0.29) is 31.0 Å². The van der Waals surface area contributed by atoms with E-state index in [1.807, 2.05) is 54.6 Å². The van der Waals surface area contributed by atoms with Gasteiger partial charge in [-0.25, -0.2) is 0 Å². The zero-order chi connectivity index (χ0) is 27.4. The van der Waals surface area contributed by atoms with Crippen molar-refractivity contribution in [1.82, 2.24) is 0 Å². The van der Waals surface area contributed by atoms with Crippen LogP contribution in [0.2, 0.25) is 0 Å². The zero-order valence-electron chi connectivity index (χ0n) is 22.4. The van der Waals surface area contributed by atoms with Crippen LogP contribution >= 0.6 is 0 Å². The summed E-state index contributed by atoms with van der Waals surface area (Å²) in [6.45, 7) is 2.87. The molecule has 39 heavy (non-hydrogen) atoms. The molecule has 0 radical (unpaired) electrons. The molecule has 3 aromatic carbocycles. The van der Waals surface area contributed by atoms with Gasteiger partial charge in [0.1, 0.15) is 35.9 Å². The van der Waals surface area contributed by atoms with E-state index in [9.17, 15) is 9.90 Å². The molecule has 1 saturated carbocycles. The predicted molar refractivity (Wildman–Crippen MR) is 149 cm³/mol. The molecule has 4 aromatic rings. The summed E-state index contributed by atoms with van der Waals surface area (Å²) in [5.74, 6) is 1.14. The average Bonchev–Trinajstić information content (AvgIpc) is 3.70. The molecule has 0 aliphatic heterocycles. The highest BCUT2D eigenvalue weighted by molar-refractivity contribution is 5.93. The van der Waals surface area contributed by atoms with Crippen LogP contribution in [0.4, 0.5) is 0 Å². The molecule has 0 saturated heterocycles. The summed E-state index contributed by atoms with van der Waals surface area (Å²) in [6.07, 6.45) is 1.21. The van der Waals surface area contributed by atoms with Crippen LogP contribution in [-0.4, -0.2) is 30.9 Å². The number of carbonyl (C=O) groups is 1. The molecule has 1 fully saturated rings. The molecule has 2 unspecified atom stereocenters. The first-order valence-corrected chi connectivity index (χ1v) is 13.4. The smallest absolute Gasteiger partial charge is 0.310 e. The number of para-hydroxylation sites is 1. The van der Waals surface area contributed by atoms with Crippen molar-refractivity contribution in [2.24, 2.45) is 11.7 Å². The number of hydrogen-bond donors (Lipinski definition) is 2. The maximum Gasteiger partial charge on any atom is 0.310 e. The number of rotatable bonds is 12. The van der Waals surface area contributed by atoms with E-state index in [1.54, 1.807) is 14.0 Å². The predicted octanol–water partition coefficient (Wildman–Crippen LogP) is 5.70. The topological polar surface area (TPSA) is 104 Å². The normalized spacial score (nSPS) is 14.8. The first kappa shape index (κ1) is 26.9. The second-order valence-electron chi connectivity index (χ2n) is 10.2. The van der Waals surface area contributed by atoms with Crippen LogP contribution in [0, 0.1) is 5.92 Å². The van der Waals surface area contributed by atoms with Gasteiger partial charge < -0.3 is 29.5 Å². The van der Waals surface area contributed by atoms with Gasteiger partial charge in [0, 0.05) is 30.2 Å². The number of benzene rings is 3. The fourth-order valence-corrected chi connectivity index (χ4v) is 4.83. The Kier molecular flexibility index (Phi) is 8.31. The van der Waals surface area contributed by atoms with Gasteiger partial charge in [-0.2, -0.15) is 0 Å². The summed E-state index contributed by atoms with van der Waals surface area (Å²) in [4.78, 5) is 12.5. The molecule has 204 valence electrons. The van der Waals surface area contributed by atoms with Gasteiger partial charge in [0.05, 0.1) is 13.0 Å². The Morgan fingerprint density at radius 3 is 2.67 bits per heavy atom. The van der Waals surface area contributed by atoms with E-state index in [2.05, 4.69) is 12.1 Å². The van der Waals surface area contributed by atoms with Crippen molar-refractivity contribution in [2.75, 3.05) is 13.7 Å². The highest BCUT2D eigenvalue weighted by Crippen LogP contribution is 2.43. The number of aliphatic hydroxyl groups is 1. The molecule has 2 atom stereocenters. The number of carbonyl (C=O) groups excluding carboxylic acids is 1. The Morgan fingerprint density at radius 1 is 1.08 bits per heavy atom. The van der Waals surface area contributed by atoms with Crippen molar-refractivity contribution in [3.8, 4) is 16.9 Å². The maximum absolute atomic E-state index is 12.5. The number of fused-ring (bicyclic) bond motifs is 1. The number of furan rings is 1.